The van der Waals surface area contributed by atoms with Gasteiger partial charge < -0.3 is 10.2 Å². The van der Waals surface area contributed by atoms with Crippen LogP contribution in [0.3, 0.4) is 0 Å². The standard InChI is InChI=1S/C19H24N4O2S2/c1-12(2)7-8-26-19-22-21-18(27-19)20-17(25)14-10-16(24)23(11-14)15-6-4-5-13(3)9-15/h4-6,9,12,14H,7-8,10-11H2,1-3H3,(H,20,21,25)/t14-/m0/s1. The summed E-state index contributed by atoms with van der Waals surface area (Å²) in [4.78, 5) is 26.6. The summed E-state index contributed by atoms with van der Waals surface area (Å²) in [7, 11) is 0. The van der Waals surface area contributed by atoms with E-state index in [4.69, 9.17) is 0 Å². The third-order valence-corrected chi connectivity index (χ3v) is 6.37. The number of benzene rings is 1. The second-order valence-electron chi connectivity index (χ2n) is 7.14. The summed E-state index contributed by atoms with van der Waals surface area (Å²) >= 11 is 3.04. The number of rotatable bonds is 7. The number of nitrogens with one attached hydrogen (secondary N) is 1. The molecule has 1 N–H and O–H groups in total. The highest BCUT2D eigenvalue weighted by molar-refractivity contribution is 8.01. The SMILES string of the molecule is Cc1cccc(N2C[C@@H](C(=O)Nc3nnc(SCCC(C)C)s3)CC2=O)c1. The molecule has 2 heterocycles. The van der Waals surface area contributed by atoms with Crippen LogP contribution in [-0.4, -0.2) is 34.3 Å². The number of amides is 2. The van der Waals surface area contributed by atoms with Crippen LogP contribution >= 0.6 is 23.1 Å². The highest BCUT2D eigenvalue weighted by Crippen LogP contribution is 2.29. The first-order valence-corrected chi connectivity index (χ1v) is 10.9. The minimum absolute atomic E-state index is 0.0251. The summed E-state index contributed by atoms with van der Waals surface area (Å²) in [6.07, 6.45) is 1.33. The lowest BCUT2D eigenvalue weighted by molar-refractivity contribution is -0.122. The van der Waals surface area contributed by atoms with E-state index in [1.807, 2.05) is 31.2 Å². The molecule has 0 bridgehead atoms. The third-order valence-electron chi connectivity index (χ3n) is 4.37. The van der Waals surface area contributed by atoms with Gasteiger partial charge in [-0.1, -0.05) is 49.1 Å². The van der Waals surface area contributed by atoms with Crippen molar-refractivity contribution in [1.29, 1.82) is 0 Å². The number of anilines is 2. The molecule has 2 amide bonds. The fourth-order valence-corrected chi connectivity index (χ4v) is 4.90. The summed E-state index contributed by atoms with van der Waals surface area (Å²) in [6.45, 7) is 6.76. The van der Waals surface area contributed by atoms with Gasteiger partial charge in [0.1, 0.15) is 0 Å². The first-order chi connectivity index (χ1) is 12.9. The van der Waals surface area contributed by atoms with Crippen LogP contribution in [0.4, 0.5) is 10.8 Å². The molecule has 0 aliphatic carbocycles. The van der Waals surface area contributed by atoms with Crippen molar-refractivity contribution < 1.29 is 9.59 Å². The maximum absolute atomic E-state index is 12.6. The molecule has 1 saturated heterocycles. The lowest BCUT2D eigenvalue weighted by Crippen LogP contribution is -2.28. The smallest absolute Gasteiger partial charge is 0.231 e. The Hall–Kier alpha value is -1.93. The van der Waals surface area contributed by atoms with Gasteiger partial charge in [0.05, 0.1) is 5.92 Å². The first kappa shape index (κ1) is 19.8. The molecule has 1 aliphatic rings. The van der Waals surface area contributed by atoms with E-state index in [0.717, 1.165) is 27.8 Å². The maximum atomic E-state index is 12.6. The van der Waals surface area contributed by atoms with E-state index in [2.05, 4.69) is 29.4 Å². The van der Waals surface area contributed by atoms with Crippen LogP contribution in [0.1, 0.15) is 32.3 Å². The number of hydrogen-bond donors (Lipinski definition) is 1. The number of hydrogen-bond acceptors (Lipinski definition) is 6. The van der Waals surface area contributed by atoms with Gasteiger partial charge >= 0.3 is 0 Å². The van der Waals surface area contributed by atoms with Crippen molar-refractivity contribution in [2.75, 3.05) is 22.5 Å². The molecule has 0 saturated carbocycles. The van der Waals surface area contributed by atoms with Gasteiger partial charge in [0.15, 0.2) is 4.34 Å². The molecule has 144 valence electrons. The fraction of sp³-hybridized carbons (Fsp3) is 0.474. The summed E-state index contributed by atoms with van der Waals surface area (Å²) < 4.78 is 0.856. The molecule has 1 atom stereocenters. The lowest BCUT2D eigenvalue weighted by Gasteiger charge is -2.17. The molecule has 1 fully saturated rings. The average Bonchev–Trinajstić information content (AvgIpc) is 3.21. The second kappa shape index (κ2) is 8.84. The number of carbonyl (C=O) groups is 2. The molecule has 0 radical (unpaired) electrons. The van der Waals surface area contributed by atoms with Gasteiger partial charge in [0.2, 0.25) is 16.9 Å². The summed E-state index contributed by atoms with van der Waals surface area (Å²) in [6, 6.07) is 7.77. The Morgan fingerprint density at radius 1 is 1.41 bits per heavy atom. The van der Waals surface area contributed by atoms with E-state index < -0.39 is 0 Å². The van der Waals surface area contributed by atoms with Crippen molar-refractivity contribution >= 4 is 45.7 Å². The second-order valence-corrected chi connectivity index (χ2v) is 9.46. The first-order valence-electron chi connectivity index (χ1n) is 9.06. The Bertz CT molecular complexity index is 822. The molecule has 2 aromatic rings. The molecule has 27 heavy (non-hydrogen) atoms. The van der Waals surface area contributed by atoms with Crippen LogP contribution in [0, 0.1) is 18.8 Å². The van der Waals surface area contributed by atoms with E-state index in [1.165, 1.54) is 11.3 Å². The van der Waals surface area contributed by atoms with Crippen molar-refractivity contribution in [2.24, 2.45) is 11.8 Å². The van der Waals surface area contributed by atoms with E-state index in [1.54, 1.807) is 16.7 Å². The van der Waals surface area contributed by atoms with Gasteiger partial charge in [-0.25, -0.2) is 0 Å². The van der Waals surface area contributed by atoms with Crippen molar-refractivity contribution in [3.05, 3.63) is 29.8 Å². The van der Waals surface area contributed by atoms with Gasteiger partial charge in [-0.15, -0.1) is 10.2 Å². The van der Waals surface area contributed by atoms with Crippen LogP contribution in [0.15, 0.2) is 28.6 Å². The molecule has 8 heteroatoms. The van der Waals surface area contributed by atoms with E-state index >= 15 is 0 Å². The normalized spacial score (nSPS) is 17.0. The highest BCUT2D eigenvalue weighted by Gasteiger charge is 2.35. The zero-order valence-electron chi connectivity index (χ0n) is 15.8. The molecular weight excluding hydrogens is 380 g/mol. The summed E-state index contributed by atoms with van der Waals surface area (Å²) in [5.74, 6) is 1.07. The fourth-order valence-electron chi connectivity index (χ4n) is 2.84. The Labute approximate surface area is 167 Å². The quantitative estimate of drug-likeness (QED) is 0.558. The molecule has 1 aliphatic heterocycles. The van der Waals surface area contributed by atoms with Gasteiger partial charge in [-0.2, -0.15) is 0 Å². The summed E-state index contributed by atoms with van der Waals surface area (Å²) in [5.41, 5.74) is 1.93. The zero-order valence-corrected chi connectivity index (χ0v) is 17.4. The molecular formula is C19H24N4O2S2. The molecule has 1 aromatic carbocycles. The molecule has 6 nitrogen and oxygen atoms in total. The minimum atomic E-state index is -0.376. The predicted molar refractivity (Wildman–Crippen MR) is 110 cm³/mol. The number of aromatic nitrogens is 2. The Morgan fingerprint density at radius 3 is 2.96 bits per heavy atom. The predicted octanol–water partition coefficient (Wildman–Crippen LogP) is 3.98. The van der Waals surface area contributed by atoms with Crippen LogP contribution in [0.25, 0.3) is 0 Å². The third kappa shape index (κ3) is 5.29. The van der Waals surface area contributed by atoms with E-state index in [9.17, 15) is 9.59 Å². The average molecular weight is 405 g/mol. The van der Waals surface area contributed by atoms with Crippen LogP contribution in [0.5, 0.6) is 0 Å². The Kier molecular flexibility index (Phi) is 6.49. The highest BCUT2D eigenvalue weighted by atomic mass is 32.2. The number of thioether (sulfide) groups is 1. The van der Waals surface area contributed by atoms with Crippen molar-refractivity contribution in [3.8, 4) is 0 Å². The van der Waals surface area contributed by atoms with Gasteiger partial charge in [0, 0.05) is 24.4 Å². The zero-order chi connectivity index (χ0) is 19.4. The minimum Gasteiger partial charge on any atom is -0.312 e. The van der Waals surface area contributed by atoms with E-state index in [-0.39, 0.29) is 24.2 Å². The van der Waals surface area contributed by atoms with Gasteiger partial charge in [0.25, 0.3) is 0 Å². The van der Waals surface area contributed by atoms with Crippen molar-refractivity contribution in [2.45, 2.75) is 38.0 Å². The topological polar surface area (TPSA) is 75.2 Å². The summed E-state index contributed by atoms with van der Waals surface area (Å²) in [5, 5.41) is 11.5. The van der Waals surface area contributed by atoms with E-state index in [0.29, 0.717) is 17.6 Å². The van der Waals surface area contributed by atoms with Crippen LogP contribution in [-0.2, 0) is 9.59 Å². The number of carbonyl (C=O) groups excluding carboxylic acids is 2. The Balaban J connectivity index is 1.56. The van der Waals surface area contributed by atoms with Gasteiger partial charge in [-0.3, -0.25) is 9.59 Å². The van der Waals surface area contributed by atoms with Crippen molar-refractivity contribution in [3.63, 3.8) is 0 Å². The lowest BCUT2D eigenvalue weighted by atomic mass is 10.1. The van der Waals surface area contributed by atoms with Crippen molar-refractivity contribution in [1.82, 2.24) is 10.2 Å². The van der Waals surface area contributed by atoms with Crippen LogP contribution in [0.2, 0.25) is 0 Å². The number of aryl methyl sites for hydroxylation is 1. The molecule has 3 rings (SSSR count). The largest absolute Gasteiger partial charge is 0.312 e. The van der Waals surface area contributed by atoms with Crippen LogP contribution < -0.4 is 10.2 Å². The Morgan fingerprint density at radius 2 is 2.22 bits per heavy atom. The molecule has 0 spiro atoms. The van der Waals surface area contributed by atoms with Gasteiger partial charge in [-0.05, 0) is 37.0 Å². The molecule has 1 aromatic heterocycles. The maximum Gasteiger partial charge on any atom is 0.231 e. The molecule has 0 unspecified atom stereocenters. The number of nitrogens with zero attached hydrogens (tertiary/aromatic N) is 3. The monoisotopic (exact) mass is 404 g/mol.